The van der Waals surface area contributed by atoms with E-state index in [0.29, 0.717) is 0 Å². The van der Waals surface area contributed by atoms with Crippen molar-refractivity contribution in [3.05, 3.63) is 23.9 Å². The van der Waals surface area contributed by atoms with Gasteiger partial charge in [-0.3, -0.25) is 0 Å². The molecular formula is C7H8ClF3N2. The third-order valence-corrected chi connectivity index (χ3v) is 1.34. The third-order valence-electron chi connectivity index (χ3n) is 1.34. The maximum Gasteiger partial charge on any atom is 0.416 e. The van der Waals surface area contributed by atoms with Crippen LogP contribution in [0.15, 0.2) is 18.3 Å². The average molecular weight is 213 g/mol. The van der Waals surface area contributed by atoms with Gasteiger partial charge in [0.05, 0.1) is 5.56 Å². The number of pyridine rings is 1. The molecule has 0 amide bonds. The van der Waals surface area contributed by atoms with Crippen LogP contribution in [0.1, 0.15) is 5.56 Å². The summed E-state index contributed by atoms with van der Waals surface area (Å²) in [7, 11) is 1.52. The van der Waals surface area contributed by atoms with Gasteiger partial charge in [-0.05, 0) is 12.1 Å². The minimum Gasteiger partial charge on any atom is -0.373 e. The predicted molar refractivity (Wildman–Crippen MR) is 46.0 cm³/mol. The molecule has 0 aliphatic carbocycles. The summed E-state index contributed by atoms with van der Waals surface area (Å²) in [5.74, 6) is 0.213. The van der Waals surface area contributed by atoms with Crippen LogP contribution >= 0.6 is 12.4 Å². The number of rotatable bonds is 1. The van der Waals surface area contributed by atoms with E-state index in [1.807, 2.05) is 0 Å². The Morgan fingerprint density at radius 2 is 2.00 bits per heavy atom. The highest BCUT2D eigenvalue weighted by atomic mass is 35.5. The predicted octanol–water partition coefficient (Wildman–Crippen LogP) is 2.56. The molecule has 1 aromatic heterocycles. The third kappa shape index (κ3) is 3.10. The van der Waals surface area contributed by atoms with Gasteiger partial charge in [-0.25, -0.2) is 4.98 Å². The van der Waals surface area contributed by atoms with E-state index in [1.165, 1.54) is 7.05 Å². The summed E-state index contributed by atoms with van der Waals surface area (Å²) in [5, 5.41) is 2.53. The van der Waals surface area contributed by atoms with Crippen LogP contribution in [-0.4, -0.2) is 12.0 Å². The van der Waals surface area contributed by atoms with Crippen molar-refractivity contribution in [1.82, 2.24) is 4.98 Å². The number of halogens is 4. The van der Waals surface area contributed by atoms with Gasteiger partial charge in [0.1, 0.15) is 5.82 Å². The highest BCUT2D eigenvalue weighted by Gasteiger charge is 2.30. The van der Waals surface area contributed by atoms with Crippen LogP contribution in [0, 0.1) is 0 Å². The number of anilines is 1. The van der Waals surface area contributed by atoms with Gasteiger partial charge in [0.2, 0.25) is 0 Å². The summed E-state index contributed by atoms with van der Waals surface area (Å²) in [6, 6.07) is 1.89. The Kier molecular flexibility index (Phi) is 4.00. The molecule has 1 N–H and O–H groups in total. The van der Waals surface area contributed by atoms with Gasteiger partial charge < -0.3 is 5.32 Å². The number of hydrogen-bond acceptors (Lipinski definition) is 2. The Bertz CT molecular complexity index is 275. The number of alkyl halides is 3. The zero-order valence-corrected chi connectivity index (χ0v) is 7.54. The lowest BCUT2D eigenvalue weighted by Crippen LogP contribution is -2.05. The molecule has 0 bridgehead atoms. The van der Waals surface area contributed by atoms with E-state index >= 15 is 0 Å². The van der Waals surface area contributed by atoms with Gasteiger partial charge in [0.15, 0.2) is 0 Å². The van der Waals surface area contributed by atoms with E-state index in [-0.39, 0.29) is 18.2 Å². The molecule has 2 nitrogen and oxygen atoms in total. The minimum absolute atomic E-state index is 0. The highest BCUT2D eigenvalue weighted by molar-refractivity contribution is 5.85. The Labute approximate surface area is 79.6 Å². The second-order valence-electron chi connectivity index (χ2n) is 2.18. The van der Waals surface area contributed by atoms with Crippen LogP contribution in [0.3, 0.4) is 0 Å². The molecule has 1 rings (SSSR count). The van der Waals surface area contributed by atoms with Crippen molar-refractivity contribution in [2.24, 2.45) is 0 Å². The fourth-order valence-corrected chi connectivity index (χ4v) is 0.744. The quantitative estimate of drug-likeness (QED) is 0.774. The standard InChI is InChI=1S/C7H7F3N2.ClH/c1-11-6-4-5(2-3-12-6)7(8,9)10;/h2-4H,1H3,(H,11,12);1H. The molecule has 0 aliphatic rings. The summed E-state index contributed by atoms with van der Waals surface area (Å²) >= 11 is 0. The van der Waals surface area contributed by atoms with Crippen LogP contribution in [-0.2, 0) is 6.18 Å². The first-order valence-electron chi connectivity index (χ1n) is 3.25. The topological polar surface area (TPSA) is 24.9 Å². The van der Waals surface area contributed by atoms with Gasteiger partial charge in [0, 0.05) is 13.2 Å². The lowest BCUT2D eigenvalue weighted by molar-refractivity contribution is -0.137. The Balaban J connectivity index is 0.00000144. The van der Waals surface area contributed by atoms with Crippen LogP contribution in [0.4, 0.5) is 19.0 Å². The summed E-state index contributed by atoms with van der Waals surface area (Å²) < 4.78 is 36.1. The van der Waals surface area contributed by atoms with E-state index < -0.39 is 11.7 Å². The summed E-state index contributed by atoms with van der Waals surface area (Å²) in [6.07, 6.45) is -3.18. The molecule has 0 saturated carbocycles. The minimum atomic E-state index is -4.30. The van der Waals surface area contributed by atoms with Gasteiger partial charge in [0.25, 0.3) is 0 Å². The van der Waals surface area contributed by atoms with Crippen molar-refractivity contribution in [2.75, 3.05) is 12.4 Å². The van der Waals surface area contributed by atoms with Crippen molar-refractivity contribution in [2.45, 2.75) is 6.18 Å². The molecule has 1 heterocycles. The Morgan fingerprint density at radius 3 is 2.46 bits per heavy atom. The lowest BCUT2D eigenvalue weighted by Gasteiger charge is -2.06. The Hall–Kier alpha value is -0.970. The van der Waals surface area contributed by atoms with Gasteiger partial charge >= 0.3 is 6.18 Å². The van der Waals surface area contributed by atoms with Gasteiger partial charge in [-0.1, -0.05) is 0 Å². The molecule has 6 heteroatoms. The maximum atomic E-state index is 12.0. The first-order chi connectivity index (χ1) is 5.54. The SMILES string of the molecule is CNc1cc(C(F)(F)F)ccn1.Cl. The monoisotopic (exact) mass is 212 g/mol. The molecule has 74 valence electrons. The van der Waals surface area contributed by atoms with Crippen LogP contribution in [0.5, 0.6) is 0 Å². The second kappa shape index (κ2) is 4.32. The first-order valence-corrected chi connectivity index (χ1v) is 3.25. The van der Waals surface area contributed by atoms with Gasteiger partial charge in [-0.2, -0.15) is 13.2 Å². The molecular weight excluding hydrogens is 205 g/mol. The molecule has 0 spiro atoms. The first kappa shape index (κ1) is 12.0. The summed E-state index contributed by atoms with van der Waals surface area (Å²) in [5.41, 5.74) is -0.693. The molecule has 0 aromatic carbocycles. The van der Waals surface area contributed by atoms with E-state index in [4.69, 9.17) is 0 Å². The van der Waals surface area contributed by atoms with E-state index in [2.05, 4.69) is 10.3 Å². The number of nitrogens with zero attached hydrogens (tertiary/aromatic N) is 1. The van der Waals surface area contributed by atoms with Crippen molar-refractivity contribution in [3.63, 3.8) is 0 Å². The molecule has 0 unspecified atom stereocenters. The molecule has 13 heavy (non-hydrogen) atoms. The van der Waals surface area contributed by atoms with Crippen LogP contribution in [0.2, 0.25) is 0 Å². The van der Waals surface area contributed by atoms with Crippen molar-refractivity contribution in [3.8, 4) is 0 Å². The van der Waals surface area contributed by atoms with Crippen molar-refractivity contribution in [1.29, 1.82) is 0 Å². The molecule has 0 saturated heterocycles. The fourth-order valence-electron chi connectivity index (χ4n) is 0.744. The van der Waals surface area contributed by atoms with Crippen LogP contribution in [0.25, 0.3) is 0 Å². The average Bonchev–Trinajstić information content (AvgIpc) is 2.03. The number of aromatic nitrogens is 1. The zero-order chi connectivity index (χ0) is 9.19. The maximum absolute atomic E-state index is 12.0. The van der Waals surface area contributed by atoms with Crippen molar-refractivity contribution < 1.29 is 13.2 Å². The molecule has 1 aromatic rings. The second-order valence-corrected chi connectivity index (χ2v) is 2.18. The molecule has 0 aliphatic heterocycles. The summed E-state index contributed by atoms with van der Waals surface area (Å²) in [6.45, 7) is 0. The molecule has 0 atom stereocenters. The van der Waals surface area contributed by atoms with Gasteiger partial charge in [-0.15, -0.1) is 12.4 Å². The number of nitrogens with one attached hydrogen (secondary N) is 1. The molecule has 0 fully saturated rings. The fraction of sp³-hybridized carbons (Fsp3) is 0.286. The normalized spacial score (nSPS) is 10.5. The lowest BCUT2D eigenvalue weighted by atomic mass is 10.2. The van der Waals surface area contributed by atoms with Crippen LogP contribution < -0.4 is 5.32 Å². The summed E-state index contributed by atoms with van der Waals surface area (Å²) in [4.78, 5) is 3.66. The van der Waals surface area contributed by atoms with E-state index in [1.54, 1.807) is 0 Å². The largest absolute Gasteiger partial charge is 0.416 e. The van der Waals surface area contributed by atoms with E-state index in [0.717, 1.165) is 18.3 Å². The Morgan fingerprint density at radius 1 is 1.38 bits per heavy atom. The highest BCUT2D eigenvalue weighted by Crippen LogP contribution is 2.29. The smallest absolute Gasteiger partial charge is 0.373 e. The zero-order valence-electron chi connectivity index (χ0n) is 6.72. The number of hydrogen-bond donors (Lipinski definition) is 1. The molecule has 0 radical (unpaired) electrons. The van der Waals surface area contributed by atoms with Crippen molar-refractivity contribution >= 4 is 18.2 Å². The van der Waals surface area contributed by atoms with E-state index in [9.17, 15) is 13.2 Å².